The van der Waals surface area contributed by atoms with Gasteiger partial charge >= 0.3 is 12.1 Å². The Morgan fingerprint density at radius 1 is 0.971 bits per heavy atom. The van der Waals surface area contributed by atoms with Gasteiger partial charge in [0.1, 0.15) is 23.7 Å². The molecule has 10 nitrogen and oxygen atoms in total. The number of carboxylic acid groups (broad SMARTS) is 1. The Balaban J connectivity index is 2.27. The minimum atomic E-state index is -1.19. The van der Waals surface area contributed by atoms with Gasteiger partial charge in [0.15, 0.2) is 0 Å². The van der Waals surface area contributed by atoms with E-state index < -0.39 is 47.6 Å². The molecule has 1 heterocycles. The average molecular weight is 489 g/mol. The van der Waals surface area contributed by atoms with Crippen molar-refractivity contribution in [1.29, 1.82) is 0 Å². The maximum Gasteiger partial charge on any atom is 0.408 e. The van der Waals surface area contributed by atoms with E-state index >= 15 is 0 Å². The Bertz CT molecular complexity index is 1060. The molecule has 3 atom stereocenters. The number of alkyl carbamates (subject to hydrolysis) is 1. The normalized spacial score (nSPS) is 14.1. The van der Waals surface area contributed by atoms with Gasteiger partial charge in [-0.3, -0.25) is 14.4 Å². The van der Waals surface area contributed by atoms with Crippen LogP contribution in [-0.4, -0.2) is 57.7 Å². The largest absolute Gasteiger partial charge is 0.480 e. The second kappa shape index (κ2) is 11.7. The third-order valence-electron chi connectivity index (χ3n) is 5.18. The Hall–Kier alpha value is -3.56. The number of aromatic amines is 1. The minimum absolute atomic E-state index is 0.0635. The number of carboxylic acids is 1. The molecular formula is C25H36N4O6. The summed E-state index contributed by atoms with van der Waals surface area (Å²) >= 11 is 0. The Morgan fingerprint density at radius 3 is 2.20 bits per heavy atom. The zero-order valence-electron chi connectivity index (χ0n) is 21.1. The van der Waals surface area contributed by atoms with E-state index in [1.807, 2.05) is 38.1 Å². The molecule has 0 saturated carbocycles. The van der Waals surface area contributed by atoms with Crippen molar-refractivity contribution in [3.05, 3.63) is 36.0 Å². The Morgan fingerprint density at radius 2 is 1.60 bits per heavy atom. The van der Waals surface area contributed by atoms with Crippen LogP contribution in [-0.2, 0) is 25.5 Å². The van der Waals surface area contributed by atoms with Crippen LogP contribution >= 0.6 is 0 Å². The van der Waals surface area contributed by atoms with Gasteiger partial charge in [-0.05, 0) is 51.7 Å². The molecule has 192 valence electrons. The molecule has 5 N–H and O–H groups in total. The predicted molar refractivity (Wildman–Crippen MR) is 132 cm³/mol. The molecule has 0 fully saturated rings. The molecule has 2 rings (SSSR count). The fraction of sp³-hybridized carbons (Fsp3) is 0.520. The lowest BCUT2D eigenvalue weighted by Gasteiger charge is -2.26. The summed E-state index contributed by atoms with van der Waals surface area (Å²) in [5.74, 6) is -2.33. The van der Waals surface area contributed by atoms with Crippen LogP contribution in [0.1, 0.15) is 53.5 Å². The van der Waals surface area contributed by atoms with Crippen LogP contribution in [0.15, 0.2) is 30.5 Å². The molecule has 0 radical (unpaired) electrons. The van der Waals surface area contributed by atoms with Crippen molar-refractivity contribution in [1.82, 2.24) is 20.9 Å². The second-order valence-corrected chi connectivity index (χ2v) is 10.0. The van der Waals surface area contributed by atoms with Crippen LogP contribution in [0.25, 0.3) is 10.9 Å². The standard InChI is InChI=1S/C25H36N4O6/c1-14(2)11-19(29-24(34)35-25(4,5)6)22(31)28-20(21(30)27-15(3)23(32)33)12-16-13-26-18-10-8-7-9-17(16)18/h7-10,13-15,19-20,26H,11-12H2,1-6H3,(H,27,30)(H,28,31)(H,29,34)(H,32,33)/t15-,19-,20-/m0/s1. The SMILES string of the molecule is CC(C)C[C@H](NC(=O)OC(C)(C)C)C(=O)N[C@@H](Cc1c[nH]c2ccccc12)C(=O)N[C@@H](C)C(=O)O. The number of carbonyl (C=O) groups excluding carboxylic acids is 3. The molecule has 1 aromatic heterocycles. The molecule has 0 aliphatic heterocycles. The highest BCUT2D eigenvalue weighted by atomic mass is 16.6. The van der Waals surface area contributed by atoms with Crippen LogP contribution in [0.3, 0.4) is 0 Å². The summed E-state index contributed by atoms with van der Waals surface area (Å²) < 4.78 is 5.29. The van der Waals surface area contributed by atoms with E-state index in [0.29, 0.717) is 6.42 Å². The summed E-state index contributed by atoms with van der Waals surface area (Å²) in [5, 5.41) is 17.8. The molecular weight excluding hydrogens is 452 g/mol. The summed E-state index contributed by atoms with van der Waals surface area (Å²) in [6.07, 6.45) is 1.45. The van der Waals surface area contributed by atoms with E-state index in [2.05, 4.69) is 20.9 Å². The van der Waals surface area contributed by atoms with Gasteiger partial charge < -0.3 is 30.8 Å². The number of benzene rings is 1. The van der Waals surface area contributed by atoms with Crippen LogP contribution in [0.5, 0.6) is 0 Å². The van der Waals surface area contributed by atoms with Crippen LogP contribution in [0, 0.1) is 5.92 Å². The van der Waals surface area contributed by atoms with Crippen molar-refractivity contribution in [2.75, 3.05) is 0 Å². The average Bonchev–Trinajstić information content (AvgIpc) is 3.13. The molecule has 0 spiro atoms. The van der Waals surface area contributed by atoms with Gasteiger partial charge in [0.05, 0.1) is 0 Å². The number of aliphatic carboxylic acids is 1. The van der Waals surface area contributed by atoms with Gasteiger partial charge in [-0.15, -0.1) is 0 Å². The van der Waals surface area contributed by atoms with Gasteiger partial charge in [-0.25, -0.2) is 4.79 Å². The van der Waals surface area contributed by atoms with Crippen molar-refractivity contribution in [2.45, 2.75) is 78.1 Å². The van der Waals surface area contributed by atoms with Crippen LogP contribution < -0.4 is 16.0 Å². The third kappa shape index (κ3) is 8.62. The summed E-state index contributed by atoms with van der Waals surface area (Å²) in [5.41, 5.74) is 0.911. The predicted octanol–water partition coefficient (Wildman–Crippen LogP) is 2.72. The number of H-pyrrole nitrogens is 1. The molecule has 3 amide bonds. The lowest BCUT2D eigenvalue weighted by Crippen LogP contribution is -2.56. The second-order valence-electron chi connectivity index (χ2n) is 10.0. The fourth-order valence-electron chi connectivity index (χ4n) is 3.53. The number of ether oxygens (including phenoxy) is 1. The molecule has 2 aromatic rings. The zero-order valence-corrected chi connectivity index (χ0v) is 21.1. The quantitative estimate of drug-likeness (QED) is 0.347. The number of rotatable bonds is 10. The summed E-state index contributed by atoms with van der Waals surface area (Å²) in [7, 11) is 0. The fourth-order valence-corrected chi connectivity index (χ4v) is 3.53. The number of hydrogen-bond acceptors (Lipinski definition) is 5. The van der Waals surface area contributed by atoms with Crippen molar-refractivity contribution < 1.29 is 29.0 Å². The van der Waals surface area contributed by atoms with Gasteiger partial charge in [0.2, 0.25) is 11.8 Å². The highest BCUT2D eigenvalue weighted by molar-refractivity contribution is 5.93. The van der Waals surface area contributed by atoms with E-state index in [-0.39, 0.29) is 12.3 Å². The topological polar surface area (TPSA) is 150 Å². The molecule has 0 unspecified atom stereocenters. The molecule has 0 aliphatic carbocycles. The number of hydrogen-bond donors (Lipinski definition) is 5. The monoisotopic (exact) mass is 488 g/mol. The number of amides is 3. The first kappa shape index (κ1) is 27.7. The zero-order chi connectivity index (χ0) is 26.3. The van der Waals surface area contributed by atoms with Crippen LogP contribution in [0.4, 0.5) is 4.79 Å². The van der Waals surface area contributed by atoms with E-state index in [1.165, 1.54) is 6.92 Å². The van der Waals surface area contributed by atoms with E-state index in [1.54, 1.807) is 27.0 Å². The number of para-hydroxylation sites is 1. The third-order valence-corrected chi connectivity index (χ3v) is 5.18. The number of nitrogens with one attached hydrogen (secondary N) is 4. The lowest BCUT2D eigenvalue weighted by atomic mass is 10.0. The van der Waals surface area contributed by atoms with Crippen molar-refractivity contribution in [3.8, 4) is 0 Å². The molecule has 0 bridgehead atoms. The summed E-state index contributed by atoms with van der Waals surface area (Å²) in [4.78, 5) is 53.0. The Labute approximate surface area is 205 Å². The molecule has 0 aliphatic rings. The minimum Gasteiger partial charge on any atom is -0.480 e. The first-order chi connectivity index (χ1) is 16.3. The maximum atomic E-state index is 13.2. The van der Waals surface area contributed by atoms with Crippen molar-refractivity contribution in [2.24, 2.45) is 5.92 Å². The molecule has 10 heteroatoms. The number of fused-ring (bicyclic) bond motifs is 1. The molecule has 35 heavy (non-hydrogen) atoms. The summed E-state index contributed by atoms with van der Waals surface area (Å²) in [6, 6.07) is 4.37. The maximum absolute atomic E-state index is 13.2. The molecule has 1 aromatic carbocycles. The van der Waals surface area contributed by atoms with Gasteiger partial charge in [-0.1, -0.05) is 32.0 Å². The Kier molecular flexibility index (Phi) is 9.27. The molecule has 0 saturated heterocycles. The van der Waals surface area contributed by atoms with E-state index in [4.69, 9.17) is 4.74 Å². The number of carbonyl (C=O) groups is 4. The van der Waals surface area contributed by atoms with E-state index in [9.17, 15) is 24.3 Å². The van der Waals surface area contributed by atoms with Gasteiger partial charge in [-0.2, -0.15) is 0 Å². The first-order valence-corrected chi connectivity index (χ1v) is 11.6. The number of aromatic nitrogens is 1. The first-order valence-electron chi connectivity index (χ1n) is 11.6. The van der Waals surface area contributed by atoms with E-state index in [0.717, 1.165) is 16.5 Å². The van der Waals surface area contributed by atoms with Crippen molar-refractivity contribution in [3.63, 3.8) is 0 Å². The van der Waals surface area contributed by atoms with Gasteiger partial charge in [0.25, 0.3) is 0 Å². The smallest absolute Gasteiger partial charge is 0.408 e. The van der Waals surface area contributed by atoms with Gasteiger partial charge in [0, 0.05) is 23.5 Å². The highest BCUT2D eigenvalue weighted by Gasteiger charge is 2.30. The van der Waals surface area contributed by atoms with Crippen molar-refractivity contribution >= 4 is 34.8 Å². The lowest BCUT2D eigenvalue weighted by molar-refractivity contribution is -0.141. The summed E-state index contributed by atoms with van der Waals surface area (Å²) in [6.45, 7) is 10.3. The van der Waals surface area contributed by atoms with Crippen LogP contribution in [0.2, 0.25) is 0 Å². The highest BCUT2D eigenvalue weighted by Crippen LogP contribution is 2.19.